The van der Waals surface area contributed by atoms with Crippen molar-refractivity contribution >= 4 is 37.6 Å². The SMILES string of the molecule is O=c1n(CCCNS(=O)(=O)c2cc(Br)cnc2Cl)nc2n1CCCC2. The summed E-state index contributed by atoms with van der Waals surface area (Å²) >= 11 is 9.03. The summed E-state index contributed by atoms with van der Waals surface area (Å²) in [5.41, 5.74) is -0.128. The number of fused-ring (bicyclic) bond motifs is 1. The molecule has 0 aliphatic carbocycles. The largest absolute Gasteiger partial charge is 0.345 e. The van der Waals surface area contributed by atoms with Crippen LogP contribution in [0.2, 0.25) is 5.15 Å². The lowest BCUT2D eigenvalue weighted by Crippen LogP contribution is -2.29. The van der Waals surface area contributed by atoms with Gasteiger partial charge in [0.05, 0.1) is 0 Å². The van der Waals surface area contributed by atoms with Gasteiger partial charge in [0, 0.05) is 36.7 Å². The minimum atomic E-state index is -3.77. The molecule has 3 heterocycles. The Labute approximate surface area is 158 Å². The number of sulfonamides is 1. The Morgan fingerprint density at radius 3 is 2.92 bits per heavy atom. The highest BCUT2D eigenvalue weighted by atomic mass is 79.9. The first-order valence-electron chi connectivity index (χ1n) is 7.86. The fourth-order valence-corrected chi connectivity index (χ4v) is 4.72. The lowest BCUT2D eigenvalue weighted by atomic mass is 10.2. The summed E-state index contributed by atoms with van der Waals surface area (Å²) in [7, 11) is -3.77. The number of halogens is 2. The summed E-state index contributed by atoms with van der Waals surface area (Å²) in [6.45, 7) is 1.22. The number of nitrogens with one attached hydrogen (secondary N) is 1. The van der Waals surface area contributed by atoms with E-state index in [4.69, 9.17) is 11.6 Å². The molecule has 2 aromatic heterocycles. The summed E-state index contributed by atoms with van der Waals surface area (Å²) < 4.78 is 30.7. The number of rotatable bonds is 6. The number of aromatic nitrogens is 4. The molecule has 0 saturated carbocycles. The van der Waals surface area contributed by atoms with Crippen LogP contribution in [0.1, 0.15) is 25.1 Å². The molecule has 1 aliphatic rings. The van der Waals surface area contributed by atoms with Gasteiger partial charge in [0.2, 0.25) is 10.0 Å². The van der Waals surface area contributed by atoms with Crippen LogP contribution in [0.3, 0.4) is 0 Å². The monoisotopic (exact) mass is 449 g/mol. The van der Waals surface area contributed by atoms with Crippen LogP contribution < -0.4 is 10.4 Å². The molecule has 3 rings (SSSR count). The van der Waals surface area contributed by atoms with Gasteiger partial charge in [-0.15, -0.1) is 0 Å². The Bertz CT molecular complexity index is 940. The van der Waals surface area contributed by atoms with Crippen molar-refractivity contribution in [2.45, 2.75) is 43.7 Å². The average molecular weight is 451 g/mol. The second-order valence-electron chi connectivity index (χ2n) is 5.72. The molecule has 0 radical (unpaired) electrons. The summed E-state index contributed by atoms with van der Waals surface area (Å²) in [5.74, 6) is 0.809. The third-order valence-corrected chi connectivity index (χ3v) is 6.25. The van der Waals surface area contributed by atoms with Crippen molar-refractivity contribution in [2.75, 3.05) is 6.54 Å². The van der Waals surface area contributed by atoms with E-state index in [0.717, 1.165) is 25.1 Å². The molecule has 1 N–H and O–H groups in total. The molecule has 0 unspecified atom stereocenters. The zero-order chi connectivity index (χ0) is 18.0. The highest BCUT2D eigenvalue weighted by molar-refractivity contribution is 9.10. The quantitative estimate of drug-likeness (QED) is 0.532. The van der Waals surface area contributed by atoms with Crippen LogP contribution in [0, 0.1) is 0 Å². The van der Waals surface area contributed by atoms with Crippen LogP contribution in [0.25, 0.3) is 0 Å². The zero-order valence-corrected chi connectivity index (χ0v) is 16.4. The number of hydrogen-bond acceptors (Lipinski definition) is 5. The van der Waals surface area contributed by atoms with Crippen LogP contribution in [0.5, 0.6) is 0 Å². The third-order valence-electron chi connectivity index (χ3n) is 3.93. The average Bonchev–Trinajstić information content (AvgIpc) is 2.90. The lowest BCUT2D eigenvalue weighted by Gasteiger charge is -2.09. The molecular formula is C14H17BrClN5O3S. The first-order chi connectivity index (χ1) is 11.9. The molecule has 0 saturated heterocycles. The van der Waals surface area contributed by atoms with E-state index < -0.39 is 10.0 Å². The summed E-state index contributed by atoms with van der Waals surface area (Å²) in [6, 6.07) is 1.39. The second kappa shape index (κ2) is 7.56. The normalized spacial score (nSPS) is 14.5. The smallest absolute Gasteiger partial charge is 0.279 e. The zero-order valence-electron chi connectivity index (χ0n) is 13.3. The molecule has 0 spiro atoms. The van der Waals surface area contributed by atoms with E-state index in [1.165, 1.54) is 16.9 Å². The molecule has 0 atom stereocenters. The second-order valence-corrected chi connectivity index (χ2v) is 8.73. The Hall–Kier alpha value is -1.23. The number of aryl methyl sites for hydroxylation is 2. The Morgan fingerprint density at radius 2 is 2.16 bits per heavy atom. The van der Waals surface area contributed by atoms with Crippen LogP contribution >= 0.6 is 27.5 Å². The molecule has 136 valence electrons. The lowest BCUT2D eigenvalue weighted by molar-refractivity contribution is 0.508. The number of hydrogen-bond donors (Lipinski definition) is 1. The molecule has 25 heavy (non-hydrogen) atoms. The van der Waals surface area contributed by atoms with Crippen molar-refractivity contribution in [1.29, 1.82) is 0 Å². The van der Waals surface area contributed by atoms with E-state index in [1.54, 1.807) is 4.57 Å². The number of pyridine rings is 1. The minimum Gasteiger partial charge on any atom is -0.279 e. The van der Waals surface area contributed by atoms with Crippen molar-refractivity contribution in [2.24, 2.45) is 0 Å². The van der Waals surface area contributed by atoms with Gasteiger partial charge in [-0.2, -0.15) is 5.10 Å². The van der Waals surface area contributed by atoms with Crippen LogP contribution in [-0.4, -0.2) is 34.3 Å². The molecule has 1 aliphatic heterocycles. The highest BCUT2D eigenvalue weighted by Gasteiger charge is 2.19. The van der Waals surface area contributed by atoms with Gasteiger partial charge in [-0.3, -0.25) is 4.57 Å². The van der Waals surface area contributed by atoms with Crippen LogP contribution in [-0.2, 0) is 29.5 Å². The van der Waals surface area contributed by atoms with E-state index in [0.29, 0.717) is 24.0 Å². The van der Waals surface area contributed by atoms with E-state index in [9.17, 15) is 13.2 Å². The van der Waals surface area contributed by atoms with Gasteiger partial charge in [-0.25, -0.2) is 27.6 Å². The van der Waals surface area contributed by atoms with E-state index in [1.807, 2.05) is 0 Å². The molecule has 0 amide bonds. The van der Waals surface area contributed by atoms with Gasteiger partial charge in [-0.05, 0) is 41.3 Å². The first-order valence-corrected chi connectivity index (χ1v) is 10.5. The summed E-state index contributed by atoms with van der Waals surface area (Å²) in [5, 5.41) is 4.23. The predicted octanol–water partition coefficient (Wildman–Crippen LogP) is 1.56. The maximum Gasteiger partial charge on any atom is 0.345 e. The first kappa shape index (κ1) is 18.6. The molecule has 0 aromatic carbocycles. The van der Waals surface area contributed by atoms with Gasteiger partial charge in [0.15, 0.2) is 0 Å². The molecular weight excluding hydrogens is 434 g/mol. The van der Waals surface area contributed by atoms with Crippen molar-refractivity contribution in [3.8, 4) is 0 Å². The predicted molar refractivity (Wildman–Crippen MR) is 96.2 cm³/mol. The van der Waals surface area contributed by atoms with Gasteiger partial charge in [-0.1, -0.05) is 11.6 Å². The summed E-state index contributed by atoms with van der Waals surface area (Å²) in [6.07, 6.45) is 4.70. The van der Waals surface area contributed by atoms with Crippen molar-refractivity contribution in [3.63, 3.8) is 0 Å². The van der Waals surface area contributed by atoms with Gasteiger partial charge in [0.1, 0.15) is 15.9 Å². The molecule has 2 aromatic rings. The maximum atomic E-state index is 12.3. The fraction of sp³-hybridized carbons (Fsp3) is 0.500. The van der Waals surface area contributed by atoms with E-state index in [2.05, 4.69) is 30.7 Å². The Morgan fingerprint density at radius 1 is 1.36 bits per heavy atom. The molecule has 0 fully saturated rings. The van der Waals surface area contributed by atoms with Crippen molar-refractivity contribution in [3.05, 3.63) is 38.2 Å². The topological polar surface area (TPSA) is 98.9 Å². The number of nitrogens with zero attached hydrogens (tertiary/aromatic N) is 4. The van der Waals surface area contributed by atoms with Gasteiger partial charge in [0.25, 0.3) is 0 Å². The fourth-order valence-electron chi connectivity index (χ4n) is 2.70. The molecule has 0 bridgehead atoms. The Balaban J connectivity index is 1.61. The van der Waals surface area contributed by atoms with Crippen molar-refractivity contribution < 1.29 is 8.42 Å². The summed E-state index contributed by atoms with van der Waals surface area (Å²) in [4.78, 5) is 15.9. The molecule has 11 heteroatoms. The minimum absolute atomic E-state index is 0.0850. The van der Waals surface area contributed by atoms with Gasteiger partial charge < -0.3 is 0 Å². The van der Waals surface area contributed by atoms with E-state index in [-0.39, 0.29) is 22.3 Å². The Kier molecular flexibility index (Phi) is 5.62. The van der Waals surface area contributed by atoms with Crippen LogP contribution in [0.15, 0.2) is 26.4 Å². The van der Waals surface area contributed by atoms with E-state index >= 15 is 0 Å². The third kappa shape index (κ3) is 4.13. The van der Waals surface area contributed by atoms with Crippen molar-refractivity contribution in [1.82, 2.24) is 24.1 Å². The standard InChI is InChI=1S/C14H17BrClN5O3S/c15-10-8-11(13(16)17-9-10)25(23,24)18-5-3-7-21-14(22)20-6-2-1-4-12(20)19-21/h8-9,18H,1-7H2. The van der Waals surface area contributed by atoms with Gasteiger partial charge >= 0.3 is 5.69 Å². The van der Waals surface area contributed by atoms with Crippen LogP contribution in [0.4, 0.5) is 0 Å². The maximum absolute atomic E-state index is 12.3. The highest BCUT2D eigenvalue weighted by Crippen LogP contribution is 2.22. The molecule has 8 nitrogen and oxygen atoms in total.